The van der Waals surface area contributed by atoms with E-state index in [9.17, 15) is 9.59 Å². The van der Waals surface area contributed by atoms with E-state index in [2.05, 4.69) is 15.3 Å². The number of hydrogen-bond acceptors (Lipinski definition) is 4. The zero-order chi connectivity index (χ0) is 16.4. The van der Waals surface area contributed by atoms with Crippen LogP contribution >= 0.6 is 0 Å². The summed E-state index contributed by atoms with van der Waals surface area (Å²) < 4.78 is 0. The number of rotatable bonds is 3. The summed E-state index contributed by atoms with van der Waals surface area (Å²) in [7, 11) is 0. The first kappa shape index (κ1) is 15.1. The SMILES string of the molecule is Cc1ncc(C)c(NC(=O)CN2CCc3ccccc3C2=O)n1. The van der Waals surface area contributed by atoms with Crippen molar-refractivity contribution in [2.45, 2.75) is 20.3 Å². The Labute approximate surface area is 134 Å². The van der Waals surface area contributed by atoms with Gasteiger partial charge in [-0.2, -0.15) is 0 Å². The van der Waals surface area contributed by atoms with Crippen molar-refractivity contribution in [1.29, 1.82) is 0 Å². The highest BCUT2D eigenvalue weighted by Gasteiger charge is 2.25. The van der Waals surface area contributed by atoms with Crippen molar-refractivity contribution in [2.24, 2.45) is 0 Å². The Morgan fingerprint density at radius 1 is 1.30 bits per heavy atom. The van der Waals surface area contributed by atoms with E-state index in [1.807, 2.05) is 25.1 Å². The summed E-state index contributed by atoms with van der Waals surface area (Å²) in [5.74, 6) is 0.734. The van der Waals surface area contributed by atoms with Crippen LogP contribution in [-0.4, -0.2) is 39.8 Å². The number of benzene rings is 1. The zero-order valence-electron chi connectivity index (χ0n) is 13.2. The van der Waals surface area contributed by atoms with Gasteiger partial charge in [0.1, 0.15) is 18.2 Å². The number of carbonyl (C=O) groups is 2. The molecule has 2 heterocycles. The minimum atomic E-state index is -0.251. The summed E-state index contributed by atoms with van der Waals surface area (Å²) in [5, 5.41) is 2.76. The Bertz CT molecular complexity index is 773. The van der Waals surface area contributed by atoms with E-state index >= 15 is 0 Å². The fourth-order valence-electron chi connectivity index (χ4n) is 2.63. The maximum atomic E-state index is 12.4. The molecule has 0 radical (unpaired) electrons. The molecule has 118 valence electrons. The number of aromatic nitrogens is 2. The van der Waals surface area contributed by atoms with Crippen molar-refractivity contribution in [3.8, 4) is 0 Å². The van der Waals surface area contributed by atoms with Crippen LogP contribution in [0, 0.1) is 13.8 Å². The van der Waals surface area contributed by atoms with Crippen molar-refractivity contribution < 1.29 is 9.59 Å². The molecule has 6 nitrogen and oxygen atoms in total. The Balaban J connectivity index is 1.69. The summed E-state index contributed by atoms with van der Waals surface area (Å²) in [6, 6.07) is 7.53. The lowest BCUT2D eigenvalue weighted by atomic mass is 9.99. The maximum absolute atomic E-state index is 12.4. The first-order valence-electron chi connectivity index (χ1n) is 7.52. The van der Waals surface area contributed by atoms with Gasteiger partial charge in [-0.25, -0.2) is 9.97 Å². The van der Waals surface area contributed by atoms with E-state index in [1.165, 1.54) is 0 Å². The predicted molar refractivity (Wildman–Crippen MR) is 86.2 cm³/mol. The Morgan fingerprint density at radius 3 is 2.91 bits per heavy atom. The highest BCUT2D eigenvalue weighted by atomic mass is 16.2. The molecule has 1 aliphatic rings. The van der Waals surface area contributed by atoms with Crippen LogP contribution in [0.2, 0.25) is 0 Å². The van der Waals surface area contributed by atoms with Crippen molar-refractivity contribution in [2.75, 3.05) is 18.4 Å². The molecule has 1 aliphatic heterocycles. The van der Waals surface area contributed by atoms with Gasteiger partial charge in [-0.3, -0.25) is 9.59 Å². The monoisotopic (exact) mass is 310 g/mol. The van der Waals surface area contributed by atoms with E-state index in [-0.39, 0.29) is 18.4 Å². The van der Waals surface area contributed by atoms with Gasteiger partial charge in [0.05, 0.1) is 0 Å². The average Bonchev–Trinajstić information content (AvgIpc) is 2.54. The third-order valence-corrected chi connectivity index (χ3v) is 3.87. The lowest BCUT2D eigenvalue weighted by molar-refractivity contribution is -0.117. The summed E-state index contributed by atoms with van der Waals surface area (Å²) >= 11 is 0. The van der Waals surface area contributed by atoms with Gasteiger partial charge >= 0.3 is 0 Å². The second kappa shape index (κ2) is 6.16. The number of fused-ring (bicyclic) bond motifs is 1. The van der Waals surface area contributed by atoms with Gasteiger partial charge in [0.2, 0.25) is 5.91 Å². The number of nitrogens with one attached hydrogen (secondary N) is 1. The molecule has 0 unspecified atom stereocenters. The molecule has 2 amide bonds. The zero-order valence-corrected chi connectivity index (χ0v) is 13.2. The third-order valence-electron chi connectivity index (χ3n) is 3.87. The van der Waals surface area contributed by atoms with Crippen LogP contribution in [0.3, 0.4) is 0 Å². The van der Waals surface area contributed by atoms with E-state index in [0.717, 1.165) is 17.5 Å². The van der Waals surface area contributed by atoms with E-state index in [1.54, 1.807) is 24.1 Å². The minimum Gasteiger partial charge on any atom is -0.329 e. The lowest BCUT2D eigenvalue weighted by Crippen LogP contribution is -2.42. The molecule has 0 saturated heterocycles. The maximum Gasteiger partial charge on any atom is 0.254 e. The highest BCUT2D eigenvalue weighted by molar-refractivity contribution is 6.00. The van der Waals surface area contributed by atoms with Gasteiger partial charge in [0.25, 0.3) is 5.91 Å². The molecule has 0 spiro atoms. The first-order valence-corrected chi connectivity index (χ1v) is 7.52. The smallest absolute Gasteiger partial charge is 0.254 e. The van der Waals surface area contributed by atoms with Crippen LogP contribution in [0.15, 0.2) is 30.5 Å². The van der Waals surface area contributed by atoms with Gasteiger partial charge < -0.3 is 10.2 Å². The summed E-state index contributed by atoms with van der Waals surface area (Å²) in [4.78, 5) is 34.5. The molecule has 23 heavy (non-hydrogen) atoms. The van der Waals surface area contributed by atoms with E-state index in [0.29, 0.717) is 23.8 Å². The molecule has 1 aromatic heterocycles. The normalized spacial score (nSPS) is 13.7. The topological polar surface area (TPSA) is 75.2 Å². The second-order valence-electron chi connectivity index (χ2n) is 5.63. The van der Waals surface area contributed by atoms with Gasteiger partial charge in [-0.1, -0.05) is 18.2 Å². The van der Waals surface area contributed by atoms with Crippen molar-refractivity contribution >= 4 is 17.6 Å². The summed E-state index contributed by atoms with van der Waals surface area (Å²) in [6.45, 7) is 4.16. The van der Waals surface area contributed by atoms with Crippen molar-refractivity contribution in [3.63, 3.8) is 0 Å². The van der Waals surface area contributed by atoms with Crippen LogP contribution < -0.4 is 5.32 Å². The van der Waals surface area contributed by atoms with E-state index in [4.69, 9.17) is 0 Å². The number of carbonyl (C=O) groups excluding carboxylic acids is 2. The fourth-order valence-corrected chi connectivity index (χ4v) is 2.63. The van der Waals surface area contributed by atoms with Gasteiger partial charge in [0.15, 0.2) is 0 Å². The van der Waals surface area contributed by atoms with Crippen LogP contribution in [0.5, 0.6) is 0 Å². The molecule has 0 bridgehead atoms. The molecule has 0 saturated carbocycles. The third kappa shape index (κ3) is 3.21. The molecule has 0 aliphatic carbocycles. The molecular weight excluding hydrogens is 292 g/mol. The highest BCUT2D eigenvalue weighted by Crippen LogP contribution is 2.18. The standard InChI is InChI=1S/C17H18N4O2/c1-11-9-18-12(2)19-16(11)20-15(22)10-21-8-7-13-5-3-4-6-14(13)17(21)23/h3-6,9H,7-8,10H2,1-2H3,(H,18,19,20,22). The lowest BCUT2D eigenvalue weighted by Gasteiger charge is -2.28. The molecule has 1 N–H and O–H groups in total. The largest absolute Gasteiger partial charge is 0.329 e. The fraction of sp³-hybridized carbons (Fsp3) is 0.294. The first-order chi connectivity index (χ1) is 11.0. The van der Waals surface area contributed by atoms with Crippen molar-refractivity contribution in [1.82, 2.24) is 14.9 Å². The number of anilines is 1. The molecule has 1 aromatic carbocycles. The van der Waals surface area contributed by atoms with Gasteiger partial charge in [-0.15, -0.1) is 0 Å². The average molecular weight is 310 g/mol. The number of aryl methyl sites for hydroxylation is 2. The molecule has 3 rings (SSSR count). The number of hydrogen-bond donors (Lipinski definition) is 1. The second-order valence-corrected chi connectivity index (χ2v) is 5.63. The quantitative estimate of drug-likeness (QED) is 0.937. The Kier molecular flexibility index (Phi) is 4.06. The predicted octanol–water partition coefficient (Wildman–Crippen LogP) is 1.73. The van der Waals surface area contributed by atoms with Crippen molar-refractivity contribution in [3.05, 3.63) is 53.0 Å². The van der Waals surface area contributed by atoms with Crippen LogP contribution in [0.1, 0.15) is 27.3 Å². The summed E-state index contributed by atoms with van der Waals surface area (Å²) in [5.41, 5.74) is 2.51. The molecule has 2 aromatic rings. The number of amides is 2. The van der Waals surface area contributed by atoms with Crippen LogP contribution in [-0.2, 0) is 11.2 Å². The molecule has 6 heteroatoms. The summed E-state index contributed by atoms with van der Waals surface area (Å²) in [6.07, 6.45) is 2.43. The van der Waals surface area contributed by atoms with Crippen LogP contribution in [0.4, 0.5) is 5.82 Å². The Morgan fingerprint density at radius 2 is 2.09 bits per heavy atom. The van der Waals surface area contributed by atoms with Crippen LogP contribution in [0.25, 0.3) is 0 Å². The van der Waals surface area contributed by atoms with Gasteiger partial charge in [0, 0.05) is 23.9 Å². The molecule has 0 fully saturated rings. The molecule has 0 atom stereocenters. The minimum absolute atomic E-state index is 0.0235. The van der Waals surface area contributed by atoms with Gasteiger partial charge in [-0.05, 0) is 31.9 Å². The molecular formula is C17H18N4O2. The van der Waals surface area contributed by atoms with E-state index < -0.39 is 0 Å². The Hall–Kier alpha value is -2.76. The number of nitrogens with zero attached hydrogens (tertiary/aromatic N) is 3.